The van der Waals surface area contributed by atoms with Crippen LogP contribution in [0.5, 0.6) is 5.75 Å². The van der Waals surface area contributed by atoms with Crippen LogP contribution in [0.15, 0.2) is 28.1 Å². The van der Waals surface area contributed by atoms with Crippen molar-refractivity contribution in [3.8, 4) is 5.75 Å². The average molecular weight is 243 g/mol. The van der Waals surface area contributed by atoms with Crippen molar-refractivity contribution in [2.75, 3.05) is 7.11 Å². The van der Waals surface area contributed by atoms with E-state index in [2.05, 4.69) is 33.4 Å². The minimum absolute atomic E-state index is 0.925. The lowest BCUT2D eigenvalue weighted by Gasteiger charge is -2.03. The first-order valence-corrected chi connectivity index (χ1v) is 5.20. The summed E-state index contributed by atoms with van der Waals surface area (Å²) in [4.78, 5) is 0. The summed E-state index contributed by atoms with van der Waals surface area (Å²) in [7, 11) is 1.69. The van der Waals surface area contributed by atoms with Crippen LogP contribution in [-0.4, -0.2) is 7.11 Å². The molecule has 0 spiro atoms. The molecule has 0 aliphatic carbocycles. The lowest BCUT2D eigenvalue weighted by molar-refractivity contribution is 0.417. The minimum atomic E-state index is 0.925. The van der Waals surface area contributed by atoms with Crippen molar-refractivity contribution < 1.29 is 4.74 Å². The van der Waals surface area contributed by atoms with Crippen LogP contribution in [0.2, 0.25) is 0 Å². The first-order chi connectivity index (χ1) is 5.83. The van der Waals surface area contributed by atoms with E-state index < -0.39 is 0 Å². The zero-order valence-electron chi connectivity index (χ0n) is 6.50. The summed E-state index contributed by atoms with van der Waals surface area (Å²) < 4.78 is 7.55. The molecule has 0 unspecified atom stereocenters. The van der Waals surface area contributed by atoms with E-state index >= 15 is 0 Å². The Bertz CT molecular complexity index is 408. The SMILES string of the molecule is COc1c(Br)ccc2sccc12. The van der Waals surface area contributed by atoms with E-state index in [4.69, 9.17) is 4.74 Å². The Morgan fingerprint density at radius 2 is 2.17 bits per heavy atom. The zero-order valence-corrected chi connectivity index (χ0v) is 8.91. The fraction of sp³-hybridized carbons (Fsp3) is 0.111. The second-order valence-electron chi connectivity index (χ2n) is 2.41. The Morgan fingerprint density at radius 1 is 1.33 bits per heavy atom. The van der Waals surface area contributed by atoms with E-state index in [0.29, 0.717) is 0 Å². The lowest BCUT2D eigenvalue weighted by Crippen LogP contribution is -1.83. The molecule has 0 aliphatic rings. The van der Waals surface area contributed by atoms with Gasteiger partial charge in [0.2, 0.25) is 0 Å². The summed E-state index contributed by atoms with van der Waals surface area (Å²) in [6, 6.07) is 6.17. The van der Waals surface area contributed by atoms with Gasteiger partial charge in [0, 0.05) is 10.1 Å². The Labute approximate surface area is 83.1 Å². The number of fused-ring (bicyclic) bond motifs is 1. The van der Waals surface area contributed by atoms with Gasteiger partial charge in [0.1, 0.15) is 5.75 Å². The van der Waals surface area contributed by atoms with Crippen LogP contribution in [0.25, 0.3) is 10.1 Å². The monoisotopic (exact) mass is 242 g/mol. The number of halogens is 1. The molecule has 1 nitrogen and oxygen atoms in total. The summed E-state index contributed by atoms with van der Waals surface area (Å²) in [5, 5.41) is 3.25. The van der Waals surface area contributed by atoms with Crippen LogP contribution in [0.4, 0.5) is 0 Å². The van der Waals surface area contributed by atoms with Crippen LogP contribution in [-0.2, 0) is 0 Å². The fourth-order valence-corrected chi connectivity index (χ4v) is 2.49. The summed E-state index contributed by atoms with van der Waals surface area (Å²) in [5.41, 5.74) is 0. The van der Waals surface area contributed by atoms with E-state index in [1.54, 1.807) is 18.4 Å². The van der Waals surface area contributed by atoms with Crippen molar-refractivity contribution >= 4 is 37.4 Å². The van der Waals surface area contributed by atoms with Gasteiger partial charge in [-0.1, -0.05) is 0 Å². The van der Waals surface area contributed by atoms with E-state index in [1.807, 2.05) is 6.07 Å². The third kappa shape index (κ3) is 1.13. The maximum atomic E-state index is 5.28. The maximum Gasteiger partial charge on any atom is 0.141 e. The molecule has 0 bridgehead atoms. The molecule has 0 saturated heterocycles. The van der Waals surface area contributed by atoms with Gasteiger partial charge in [0.25, 0.3) is 0 Å². The Hall–Kier alpha value is -0.540. The highest BCUT2D eigenvalue weighted by atomic mass is 79.9. The molecule has 12 heavy (non-hydrogen) atoms. The summed E-state index contributed by atoms with van der Waals surface area (Å²) in [6.45, 7) is 0. The van der Waals surface area contributed by atoms with Gasteiger partial charge in [0.15, 0.2) is 0 Å². The second kappa shape index (κ2) is 3.07. The van der Waals surface area contributed by atoms with Crippen LogP contribution in [0, 0.1) is 0 Å². The van der Waals surface area contributed by atoms with Crippen molar-refractivity contribution in [1.29, 1.82) is 0 Å². The third-order valence-corrected chi connectivity index (χ3v) is 3.25. The van der Waals surface area contributed by atoms with Gasteiger partial charge in [-0.05, 0) is 39.5 Å². The number of benzene rings is 1. The first-order valence-electron chi connectivity index (χ1n) is 3.52. The van der Waals surface area contributed by atoms with Crippen molar-refractivity contribution in [1.82, 2.24) is 0 Å². The minimum Gasteiger partial charge on any atom is -0.495 e. The number of methoxy groups -OCH3 is 1. The fourth-order valence-electron chi connectivity index (χ4n) is 1.20. The van der Waals surface area contributed by atoms with Gasteiger partial charge < -0.3 is 4.74 Å². The molecule has 2 rings (SSSR count). The lowest BCUT2D eigenvalue weighted by atomic mass is 10.2. The average Bonchev–Trinajstić information content (AvgIpc) is 2.52. The summed E-state index contributed by atoms with van der Waals surface area (Å²) in [6.07, 6.45) is 0. The summed E-state index contributed by atoms with van der Waals surface area (Å²) in [5.74, 6) is 0.925. The van der Waals surface area contributed by atoms with E-state index in [1.165, 1.54) is 10.1 Å². The van der Waals surface area contributed by atoms with Crippen LogP contribution in [0.1, 0.15) is 0 Å². The molecular weight excluding hydrogens is 236 g/mol. The Morgan fingerprint density at radius 3 is 2.92 bits per heavy atom. The molecule has 2 aromatic rings. The van der Waals surface area contributed by atoms with Gasteiger partial charge >= 0.3 is 0 Å². The van der Waals surface area contributed by atoms with Crippen molar-refractivity contribution in [3.63, 3.8) is 0 Å². The molecule has 1 aromatic heterocycles. The van der Waals surface area contributed by atoms with Gasteiger partial charge in [-0.25, -0.2) is 0 Å². The molecule has 0 fully saturated rings. The second-order valence-corrected chi connectivity index (χ2v) is 4.22. The molecule has 0 N–H and O–H groups in total. The standard InChI is InChI=1S/C9H7BrOS/c1-11-9-6-4-5-12-8(6)3-2-7(9)10/h2-5H,1H3. The van der Waals surface area contributed by atoms with Crippen LogP contribution < -0.4 is 4.74 Å². The number of hydrogen-bond acceptors (Lipinski definition) is 2. The molecule has 0 atom stereocenters. The molecule has 0 amide bonds. The van der Waals surface area contributed by atoms with Gasteiger partial charge in [0.05, 0.1) is 11.6 Å². The molecule has 0 aliphatic heterocycles. The quantitative estimate of drug-likeness (QED) is 0.742. The van der Waals surface area contributed by atoms with Crippen molar-refractivity contribution in [2.24, 2.45) is 0 Å². The zero-order chi connectivity index (χ0) is 8.55. The molecule has 3 heteroatoms. The van der Waals surface area contributed by atoms with Gasteiger partial charge in [-0.3, -0.25) is 0 Å². The number of ether oxygens (including phenoxy) is 1. The Kier molecular flexibility index (Phi) is 2.07. The molecule has 1 aromatic carbocycles. The van der Waals surface area contributed by atoms with E-state index in [9.17, 15) is 0 Å². The summed E-state index contributed by atoms with van der Waals surface area (Å²) >= 11 is 5.17. The molecular formula is C9H7BrOS. The number of rotatable bonds is 1. The molecule has 1 heterocycles. The highest BCUT2D eigenvalue weighted by molar-refractivity contribution is 9.10. The molecule has 0 radical (unpaired) electrons. The highest BCUT2D eigenvalue weighted by Gasteiger charge is 2.05. The van der Waals surface area contributed by atoms with Gasteiger partial charge in [-0.2, -0.15) is 0 Å². The van der Waals surface area contributed by atoms with Gasteiger partial charge in [-0.15, -0.1) is 11.3 Å². The normalized spacial score (nSPS) is 10.5. The maximum absolute atomic E-state index is 5.28. The van der Waals surface area contributed by atoms with Crippen molar-refractivity contribution in [3.05, 3.63) is 28.1 Å². The van der Waals surface area contributed by atoms with Crippen LogP contribution >= 0.6 is 27.3 Å². The smallest absolute Gasteiger partial charge is 0.141 e. The van der Waals surface area contributed by atoms with E-state index in [-0.39, 0.29) is 0 Å². The third-order valence-electron chi connectivity index (χ3n) is 1.74. The predicted molar refractivity (Wildman–Crippen MR) is 56.1 cm³/mol. The predicted octanol–water partition coefficient (Wildman–Crippen LogP) is 3.67. The highest BCUT2D eigenvalue weighted by Crippen LogP contribution is 2.35. The largest absolute Gasteiger partial charge is 0.495 e. The molecule has 62 valence electrons. The number of hydrogen-bond donors (Lipinski definition) is 0. The Balaban J connectivity index is 2.83. The first kappa shape index (κ1) is 8.08. The van der Waals surface area contributed by atoms with Crippen molar-refractivity contribution in [2.45, 2.75) is 0 Å². The number of thiophene rings is 1. The topological polar surface area (TPSA) is 9.23 Å². The van der Waals surface area contributed by atoms with Crippen LogP contribution in [0.3, 0.4) is 0 Å². The van der Waals surface area contributed by atoms with E-state index in [0.717, 1.165) is 10.2 Å². The molecule has 0 saturated carbocycles.